The first-order valence-corrected chi connectivity index (χ1v) is 7.50. The quantitative estimate of drug-likeness (QED) is 0.647. The van der Waals surface area contributed by atoms with Gasteiger partial charge in [0.15, 0.2) is 0 Å². The molecule has 0 saturated heterocycles. The van der Waals surface area contributed by atoms with E-state index in [2.05, 4.69) is 0 Å². The topological polar surface area (TPSA) is 75.8 Å². The van der Waals surface area contributed by atoms with Crippen LogP contribution in [-0.4, -0.2) is 16.3 Å². The van der Waals surface area contributed by atoms with E-state index >= 15 is 0 Å². The molecule has 2 unspecified atom stereocenters. The Hall–Kier alpha value is -2.53. The molecule has 0 radical (unpaired) electrons. The molecule has 0 aliphatic rings. The van der Waals surface area contributed by atoms with E-state index in [0.717, 1.165) is 22.4 Å². The molecule has 0 bridgehead atoms. The third kappa shape index (κ3) is 4.02. The third-order valence-electron chi connectivity index (χ3n) is 3.85. The van der Waals surface area contributed by atoms with Crippen molar-refractivity contribution in [3.8, 4) is 5.75 Å². The zero-order chi connectivity index (χ0) is 17.0. The lowest BCUT2D eigenvalue weighted by molar-refractivity contribution is -0.0710. The van der Waals surface area contributed by atoms with Gasteiger partial charge in [0.05, 0.1) is 6.04 Å². The van der Waals surface area contributed by atoms with E-state index in [9.17, 15) is 10.0 Å². The first-order valence-electron chi connectivity index (χ1n) is 7.50. The molecular weight excluding hydrogens is 292 g/mol. The fraction of sp³-hybridized carbons (Fsp3) is 0.278. The van der Waals surface area contributed by atoms with Crippen molar-refractivity contribution in [2.24, 2.45) is 5.73 Å². The molecule has 0 aliphatic heterocycles. The predicted octanol–water partition coefficient (Wildman–Crippen LogP) is 3.97. The summed E-state index contributed by atoms with van der Waals surface area (Å²) in [6.45, 7) is 5.62. The standard InChI is InChI=1S/C18H22N2O3/c1-12-11-16(13(2)20(22)18(19)21)9-10-17(12)23-14(3)15-7-5-4-6-8-15/h4-11,13-14,22H,1-3H3,(H2,19,21). The van der Waals surface area contributed by atoms with Gasteiger partial charge in [0, 0.05) is 0 Å². The molecule has 0 saturated carbocycles. The predicted molar refractivity (Wildman–Crippen MR) is 88.3 cm³/mol. The summed E-state index contributed by atoms with van der Waals surface area (Å²) >= 11 is 0. The number of ether oxygens (including phenoxy) is 1. The highest BCUT2D eigenvalue weighted by atomic mass is 16.5. The molecule has 5 nitrogen and oxygen atoms in total. The van der Waals surface area contributed by atoms with Crippen LogP contribution in [0.15, 0.2) is 48.5 Å². The highest BCUT2D eigenvalue weighted by molar-refractivity contribution is 5.71. The molecular formula is C18H22N2O3. The van der Waals surface area contributed by atoms with Gasteiger partial charge in [0.25, 0.3) is 0 Å². The van der Waals surface area contributed by atoms with Crippen LogP contribution in [0.25, 0.3) is 0 Å². The number of hydrogen-bond donors (Lipinski definition) is 2. The van der Waals surface area contributed by atoms with Crippen molar-refractivity contribution < 1.29 is 14.7 Å². The monoisotopic (exact) mass is 314 g/mol. The van der Waals surface area contributed by atoms with E-state index in [-0.39, 0.29) is 6.10 Å². The summed E-state index contributed by atoms with van der Waals surface area (Å²) in [6.07, 6.45) is -0.0712. The Morgan fingerprint density at radius 1 is 1.13 bits per heavy atom. The molecule has 2 aromatic carbocycles. The minimum atomic E-state index is -0.881. The second kappa shape index (κ2) is 7.15. The number of urea groups is 1. The second-order valence-electron chi connectivity index (χ2n) is 5.55. The van der Waals surface area contributed by atoms with Gasteiger partial charge in [-0.05, 0) is 43.5 Å². The van der Waals surface area contributed by atoms with Crippen molar-refractivity contribution in [1.82, 2.24) is 5.06 Å². The molecule has 2 rings (SSSR count). The number of nitrogens with two attached hydrogens (primary N) is 1. The number of rotatable bonds is 5. The lowest BCUT2D eigenvalue weighted by Crippen LogP contribution is -2.34. The molecule has 3 N–H and O–H groups in total. The van der Waals surface area contributed by atoms with Crippen molar-refractivity contribution in [2.45, 2.75) is 32.9 Å². The molecule has 2 aromatic rings. The number of hydroxylamine groups is 2. The number of aryl methyl sites for hydroxylation is 1. The Morgan fingerprint density at radius 3 is 2.35 bits per heavy atom. The maximum atomic E-state index is 11.0. The number of benzene rings is 2. The molecule has 23 heavy (non-hydrogen) atoms. The number of carbonyl (C=O) groups is 1. The molecule has 2 atom stereocenters. The molecule has 122 valence electrons. The van der Waals surface area contributed by atoms with Crippen LogP contribution in [0.2, 0.25) is 0 Å². The van der Waals surface area contributed by atoms with Crippen molar-refractivity contribution in [3.63, 3.8) is 0 Å². The largest absolute Gasteiger partial charge is 0.486 e. The van der Waals surface area contributed by atoms with Crippen LogP contribution in [0.1, 0.15) is 42.7 Å². The van der Waals surface area contributed by atoms with E-state index < -0.39 is 12.1 Å². The summed E-state index contributed by atoms with van der Waals surface area (Å²) in [5.41, 5.74) is 7.89. The molecule has 5 heteroatoms. The Balaban J connectivity index is 2.15. The zero-order valence-electron chi connectivity index (χ0n) is 13.6. The fourth-order valence-corrected chi connectivity index (χ4v) is 2.38. The first-order chi connectivity index (χ1) is 10.9. The van der Waals surface area contributed by atoms with E-state index in [1.807, 2.05) is 62.4 Å². The number of hydrogen-bond acceptors (Lipinski definition) is 3. The highest BCUT2D eigenvalue weighted by Gasteiger charge is 2.18. The van der Waals surface area contributed by atoms with Gasteiger partial charge in [-0.3, -0.25) is 5.21 Å². The summed E-state index contributed by atoms with van der Waals surface area (Å²) in [4.78, 5) is 11.0. The average molecular weight is 314 g/mol. The Bertz CT molecular complexity index is 673. The van der Waals surface area contributed by atoms with E-state index in [4.69, 9.17) is 10.5 Å². The van der Waals surface area contributed by atoms with Gasteiger partial charge in [0.2, 0.25) is 0 Å². The Labute approximate surface area is 136 Å². The zero-order valence-corrected chi connectivity index (χ0v) is 13.6. The van der Waals surface area contributed by atoms with Gasteiger partial charge in [0.1, 0.15) is 11.9 Å². The molecule has 0 heterocycles. The van der Waals surface area contributed by atoms with Gasteiger partial charge >= 0.3 is 6.03 Å². The van der Waals surface area contributed by atoms with Crippen molar-refractivity contribution in [1.29, 1.82) is 0 Å². The fourth-order valence-electron chi connectivity index (χ4n) is 2.38. The minimum Gasteiger partial charge on any atom is -0.486 e. The molecule has 0 fully saturated rings. The second-order valence-corrected chi connectivity index (χ2v) is 5.55. The summed E-state index contributed by atoms with van der Waals surface area (Å²) in [6, 6.07) is 14.1. The highest BCUT2D eigenvalue weighted by Crippen LogP contribution is 2.28. The number of nitrogens with zero attached hydrogens (tertiary/aromatic N) is 1. The van der Waals surface area contributed by atoms with Crippen LogP contribution < -0.4 is 10.5 Å². The summed E-state index contributed by atoms with van der Waals surface area (Å²) < 4.78 is 6.01. The third-order valence-corrected chi connectivity index (χ3v) is 3.85. The average Bonchev–Trinajstić information content (AvgIpc) is 2.55. The van der Waals surface area contributed by atoms with Crippen LogP contribution in [0.3, 0.4) is 0 Å². The Kier molecular flexibility index (Phi) is 5.24. The lowest BCUT2D eigenvalue weighted by Gasteiger charge is -2.22. The summed E-state index contributed by atoms with van der Waals surface area (Å²) in [5, 5.41) is 10.1. The SMILES string of the molecule is Cc1cc(C(C)N(O)C(N)=O)ccc1OC(C)c1ccccc1. The van der Waals surface area contributed by atoms with Gasteiger partial charge < -0.3 is 10.5 Å². The van der Waals surface area contributed by atoms with Crippen LogP contribution in [-0.2, 0) is 0 Å². The van der Waals surface area contributed by atoms with Crippen LogP contribution >= 0.6 is 0 Å². The Morgan fingerprint density at radius 2 is 1.78 bits per heavy atom. The maximum Gasteiger partial charge on any atom is 0.339 e. The molecule has 0 aromatic heterocycles. The van der Waals surface area contributed by atoms with Crippen LogP contribution in [0.4, 0.5) is 4.79 Å². The summed E-state index contributed by atoms with van der Waals surface area (Å²) in [7, 11) is 0. The van der Waals surface area contributed by atoms with Crippen molar-refractivity contribution >= 4 is 6.03 Å². The smallest absolute Gasteiger partial charge is 0.339 e. The maximum absolute atomic E-state index is 11.0. The van der Waals surface area contributed by atoms with Gasteiger partial charge in [-0.1, -0.05) is 42.5 Å². The number of primary amides is 1. The molecule has 2 amide bonds. The van der Waals surface area contributed by atoms with Gasteiger partial charge in [-0.25, -0.2) is 4.79 Å². The molecule has 0 spiro atoms. The number of amides is 2. The normalized spacial score (nSPS) is 13.2. The van der Waals surface area contributed by atoms with E-state index in [1.54, 1.807) is 6.92 Å². The van der Waals surface area contributed by atoms with Crippen LogP contribution in [0, 0.1) is 6.92 Å². The summed E-state index contributed by atoms with van der Waals surface area (Å²) in [5.74, 6) is 0.765. The van der Waals surface area contributed by atoms with Crippen molar-refractivity contribution in [2.75, 3.05) is 0 Å². The van der Waals surface area contributed by atoms with Crippen molar-refractivity contribution in [3.05, 3.63) is 65.2 Å². The van der Waals surface area contributed by atoms with E-state index in [1.165, 1.54) is 0 Å². The molecule has 0 aliphatic carbocycles. The van der Waals surface area contributed by atoms with Crippen LogP contribution in [0.5, 0.6) is 5.75 Å². The lowest BCUT2D eigenvalue weighted by atomic mass is 10.0. The van der Waals surface area contributed by atoms with E-state index in [0.29, 0.717) is 5.06 Å². The first kappa shape index (κ1) is 16.8. The minimum absolute atomic E-state index is 0.0712. The van der Waals surface area contributed by atoms with Gasteiger partial charge in [-0.2, -0.15) is 5.06 Å². The van der Waals surface area contributed by atoms with Gasteiger partial charge in [-0.15, -0.1) is 0 Å². The number of carbonyl (C=O) groups excluding carboxylic acids is 1.